The van der Waals surface area contributed by atoms with E-state index in [1.807, 2.05) is 10.6 Å². The van der Waals surface area contributed by atoms with Crippen molar-refractivity contribution in [2.45, 2.75) is 45.7 Å². The van der Waals surface area contributed by atoms with Crippen LogP contribution in [0.25, 0.3) is 0 Å². The number of nitrogens with one attached hydrogen (secondary N) is 2. The second-order valence-electron chi connectivity index (χ2n) is 7.24. The molecule has 0 aliphatic heterocycles. The normalized spacial score (nSPS) is 12.1. The van der Waals surface area contributed by atoms with Crippen LogP contribution in [0, 0.1) is 0 Å². The van der Waals surface area contributed by atoms with Crippen LogP contribution in [0.1, 0.15) is 31.7 Å². The van der Waals surface area contributed by atoms with Gasteiger partial charge in [0.05, 0.1) is 0 Å². The SMILES string of the molecule is CCc1nncn1CCNC(=NCC(=O)N(C)C)NC(C)CCc1ccccc1.I. The molecule has 0 radical (unpaired) electrons. The molecule has 2 N–H and O–H groups in total. The second-order valence-corrected chi connectivity index (χ2v) is 7.24. The largest absolute Gasteiger partial charge is 0.355 e. The summed E-state index contributed by atoms with van der Waals surface area (Å²) in [6.07, 6.45) is 4.53. The first-order valence-corrected chi connectivity index (χ1v) is 10.1. The highest BCUT2D eigenvalue weighted by Gasteiger charge is 2.09. The number of likely N-dealkylation sites (N-methyl/N-ethyl adjacent to an activating group) is 1. The topological polar surface area (TPSA) is 87.4 Å². The number of hydrogen-bond donors (Lipinski definition) is 2. The van der Waals surface area contributed by atoms with E-state index in [4.69, 9.17) is 0 Å². The zero-order valence-corrected chi connectivity index (χ0v) is 20.7. The van der Waals surface area contributed by atoms with Gasteiger partial charge in [-0.2, -0.15) is 0 Å². The van der Waals surface area contributed by atoms with Gasteiger partial charge in [-0.1, -0.05) is 37.3 Å². The van der Waals surface area contributed by atoms with Crippen LogP contribution >= 0.6 is 24.0 Å². The monoisotopic (exact) mass is 527 g/mol. The number of amides is 1. The summed E-state index contributed by atoms with van der Waals surface area (Å²) in [7, 11) is 3.47. The number of guanidine groups is 1. The fourth-order valence-electron chi connectivity index (χ4n) is 2.81. The molecule has 2 rings (SSSR count). The summed E-state index contributed by atoms with van der Waals surface area (Å²) in [5.74, 6) is 1.57. The Kier molecular flexibility index (Phi) is 12.0. The summed E-state index contributed by atoms with van der Waals surface area (Å²) >= 11 is 0. The van der Waals surface area contributed by atoms with Crippen molar-refractivity contribution < 1.29 is 4.79 Å². The number of hydrogen-bond acceptors (Lipinski definition) is 4. The highest BCUT2D eigenvalue weighted by molar-refractivity contribution is 14.0. The lowest BCUT2D eigenvalue weighted by atomic mass is 10.1. The van der Waals surface area contributed by atoms with Crippen molar-refractivity contribution in [1.82, 2.24) is 30.3 Å². The van der Waals surface area contributed by atoms with Gasteiger partial charge in [0.15, 0.2) is 5.96 Å². The molecule has 0 saturated heterocycles. The molecular weight excluding hydrogens is 493 g/mol. The van der Waals surface area contributed by atoms with E-state index in [1.54, 1.807) is 25.3 Å². The number of carbonyl (C=O) groups excluding carboxylic acids is 1. The van der Waals surface area contributed by atoms with Gasteiger partial charge in [0.25, 0.3) is 0 Å². The summed E-state index contributed by atoms with van der Waals surface area (Å²) in [5.41, 5.74) is 1.31. The summed E-state index contributed by atoms with van der Waals surface area (Å²) < 4.78 is 2.02. The van der Waals surface area contributed by atoms with Crippen LogP contribution < -0.4 is 10.6 Å². The Balaban J connectivity index is 0.00000450. The van der Waals surface area contributed by atoms with Crippen LogP contribution in [0.5, 0.6) is 0 Å². The molecule has 9 heteroatoms. The number of rotatable bonds is 10. The molecule has 166 valence electrons. The van der Waals surface area contributed by atoms with E-state index in [2.05, 4.69) is 63.9 Å². The lowest BCUT2D eigenvalue weighted by molar-refractivity contribution is -0.127. The third-order valence-corrected chi connectivity index (χ3v) is 4.62. The minimum Gasteiger partial charge on any atom is -0.355 e. The van der Waals surface area contributed by atoms with Gasteiger partial charge in [0.2, 0.25) is 5.91 Å². The zero-order chi connectivity index (χ0) is 21.1. The maximum atomic E-state index is 11.9. The fraction of sp³-hybridized carbons (Fsp3) is 0.524. The lowest BCUT2D eigenvalue weighted by Gasteiger charge is -2.19. The minimum atomic E-state index is -0.0323. The third-order valence-electron chi connectivity index (χ3n) is 4.62. The van der Waals surface area contributed by atoms with Crippen LogP contribution in [0.2, 0.25) is 0 Å². The molecular formula is C21H34IN7O. The molecule has 1 aromatic heterocycles. The molecule has 2 aromatic rings. The van der Waals surface area contributed by atoms with E-state index < -0.39 is 0 Å². The average molecular weight is 527 g/mol. The molecule has 8 nitrogen and oxygen atoms in total. The zero-order valence-electron chi connectivity index (χ0n) is 18.3. The van der Waals surface area contributed by atoms with Gasteiger partial charge >= 0.3 is 0 Å². The van der Waals surface area contributed by atoms with Gasteiger partial charge in [0.1, 0.15) is 18.7 Å². The second kappa shape index (κ2) is 13.9. The van der Waals surface area contributed by atoms with Gasteiger partial charge in [-0.05, 0) is 25.3 Å². The van der Waals surface area contributed by atoms with Crippen LogP contribution in [-0.4, -0.2) is 64.8 Å². The molecule has 30 heavy (non-hydrogen) atoms. The Morgan fingerprint density at radius 1 is 1.27 bits per heavy atom. The van der Waals surface area contributed by atoms with E-state index in [0.717, 1.165) is 31.6 Å². The number of aromatic nitrogens is 3. The summed E-state index contributed by atoms with van der Waals surface area (Å²) in [6.45, 7) is 5.70. The smallest absolute Gasteiger partial charge is 0.243 e. The van der Waals surface area contributed by atoms with Crippen LogP contribution in [0.3, 0.4) is 0 Å². The summed E-state index contributed by atoms with van der Waals surface area (Å²) in [6, 6.07) is 10.6. The van der Waals surface area contributed by atoms with Crippen molar-refractivity contribution in [3.63, 3.8) is 0 Å². The van der Waals surface area contributed by atoms with Crippen molar-refractivity contribution >= 4 is 35.8 Å². The van der Waals surface area contributed by atoms with Crippen LogP contribution in [0.15, 0.2) is 41.7 Å². The van der Waals surface area contributed by atoms with E-state index in [0.29, 0.717) is 12.5 Å². The molecule has 1 atom stereocenters. The van der Waals surface area contributed by atoms with Gasteiger partial charge in [-0.25, -0.2) is 4.99 Å². The minimum absolute atomic E-state index is 0. The third kappa shape index (κ3) is 9.10. The van der Waals surface area contributed by atoms with Gasteiger partial charge in [-0.15, -0.1) is 34.2 Å². The molecule has 0 saturated carbocycles. The summed E-state index contributed by atoms with van der Waals surface area (Å²) in [5, 5.41) is 14.8. The molecule has 1 amide bonds. The molecule has 1 heterocycles. The maximum absolute atomic E-state index is 11.9. The molecule has 0 aliphatic carbocycles. The van der Waals surface area contributed by atoms with E-state index in [9.17, 15) is 4.79 Å². The van der Waals surface area contributed by atoms with Crippen LogP contribution in [0.4, 0.5) is 0 Å². The molecule has 0 aliphatic rings. The first kappa shape index (κ1) is 25.9. The van der Waals surface area contributed by atoms with Crippen molar-refractivity contribution in [1.29, 1.82) is 0 Å². The molecule has 1 unspecified atom stereocenters. The Hall–Kier alpha value is -2.17. The first-order chi connectivity index (χ1) is 14.0. The Bertz CT molecular complexity index is 777. The van der Waals surface area contributed by atoms with E-state index in [-0.39, 0.29) is 42.5 Å². The number of aliphatic imine (C=N–C) groups is 1. The lowest BCUT2D eigenvalue weighted by Crippen LogP contribution is -2.44. The first-order valence-electron chi connectivity index (χ1n) is 10.1. The maximum Gasteiger partial charge on any atom is 0.243 e. The van der Waals surface area contributed by atoms with Crippen LogP contribution in [-0.2, 0) is 24.2 Å². The predicted octanol–water partition coefficient (Wildman–Crippen LogP) is 2.10. The highest BCUT2D eigenvalue weighted by atomic mass is 127. The fourth-order valence-corrected chi connectivity index (χ4v) is 2.81. The van der Waals surface area contributed by atoms with Crippen molar-refractivity contribution in [3.8, 4) is 0 Å². The predicted molar refractivity (Wildman–Crippen MR) is 131 cm³/mol. The van der Waals surface area contributed by atoms with Crippen molar-refractivity contribution in [2.75, 3.05) is 27.2 Å². The molecule has 0 bridgehead atoms. The molecule has 0 spiro atoms. The Labute approximate surface area is 196 Å². The van der Waals surface area contributed by atoms with E-state index in [1.165, 1.54) is 5.56 Å². The van der Waals surface area contributed by atoms with E-state index >= 15 is 0 Å². The number of aryl methyl sites for hydroxylation is 2. The van der Waals surface area contributed by atoms with Gasteiger partial charge in [-0.3, -0.25) is 4.79 Å². The summed E-state index contributed by atoms with van der Waals surface area (Å²) in [4.78, 5) is 17.9. The van der Waals surface area contributed by atoms with Crippen molar-refractivity contribution in [3.05, 3.63) is 48.0 Å². The molecule has 0 fully saturated rings. The molecule has 1 aromatic carbocycles. The Morgan fingerprint density at radius 2 is 2.00 bits per heavy atom. The standard InChI is InChI=1S/C21H33N7O.HI/c1-5-19-26-24-16-28(19)14-13-22-21(23-15-20(29)27(3)4)25-17(2)11-12-18-9-7-6-8-10-18;/h6-10,16-17H,5,11-15H2,1-4H3,(H2,22,23,25);1H. The number of carbonyl (C=O) groups is 1. The number of halogens is 1. The highest BCUT2D eigenvalue weighted by Crippen LogP contribution is 2.04. The average Bonchev–Trinajstić information content (AvgIpc) is 3.18. The number of benzene rings is 1. The number of nitrogens with zero attached hydrogens (tertiary/aromatic N) is 5. The Morgan fingerprint density at radius 3 is 2.67 bits per heavy atom. The van der Waals surface area contributed by atoms with Crippen molar-refractivity contribution in [2.24, 2.45) is 4.99 Å². The van der Waals surface area contributed by atoms with Gasteiger partial charge < -0.3 is 20.1 Å². The quantitative estimate of drug-likeness (QED) is 0.281. The van der Waals surface area contributed by atoms with Gasteiger partial charge in [0, 0.05) is 39.6 Å².